The van der Waals surface area contributed by atoms with Crippen molar-refractivity contribution >= 4 is 16.1 Å². The summed E-state index contributed by atoms with van der Waals surface area (Å²) < 4.78 is 24.0. The molecule has 1 amide bonds. The van der Waals surface area contributed by atoms with Crippen molar-refractivity contribution < 1.29 is 13.2 Å². The number of hydrogen-bond acceptors (Lipinski definition) is 3. The molecule has 1 aliphatic carbocycles. The molecule has 3 N–H and O–H groups in total. The molecule has 0 spiro atoms. The molecule has 1 aromatic carbocycles. The second kappa shape index (κ2) is 8.06. The number of hydrogen-bond donors (Lipinski definition) is 2. The van der Waals surface area contributed by atoms with Gasteiger partial charge in [-0.15, -0.1) is 0 Å². The van der Waals surface area contributed by atoms with Crippen molar-refractivity contribution in [3.63, 3.8) is 0 Å². The number of nitrogens with one attached hydrogen (secondary N) is 1. The van der Waals surface area contributed by atoms with Crippen LogP contribution < -0.4 is 10.5 Å². The van der Waals surface area contributed by atoms with Gasteiger partial charge in [0.15, 0.2) is 0 Å². The third-order valence-electron chi connectivity index (χ3n) is 5.98. The first-order valence-electron chi connectivity index (χ1n) is 9.52. The van der Waals surface area contributed by atoms with Gasteiger partial charge in [0.05, 0.1) is 0 Å². The monoisotopic (exact) mass is 379 g/mol. The smallest absolute Gasteiger partial charge is 0.276 e. The van der Waals surface area contributed by atoms with E-state index in [0.29, 0.717) is 32.5 Å². The van der Waals surface area contributed by atoms with Gasteiger partial charge in [0.2, 0.25) is 5.91 Å². The van der Waals surface area contributed by atoms with Crippen molar-refractivity contribution in [3.05, 3.63) is 35.9 Å². The van der Waals surface area contributed by atoms with E-state index in [9.17, 15) is 13.2 Å². The molecule has 1 aliphatic heterocycles. The minimum Gasteiger partial charge on any atom is -0.355 e. The van der Waals surface area contributed by atoms with Crippen LogP contribution in [0.1, 0.15) is 50.5 Å². The zero-order chi connectivity index (χ0) is 18.6. The maximum absolute atomic E-state index is 12.7. The van der Waals surface area contributed by atoms with Gasteiger partial charge in [-0.25, -0.2) is 5.14 Å². The van der Waals surface area contributed by atoms with E-state index in [4.69, 9.17) is 5.14 Å². The summed E-state index contributed by atoms with van der Waals surface area (Å²) in [6.07, 6.45) is 6.90. The first-order valence-corrected chi connectivity index (χ1v) is 11.0. The normalized spacial score (nSPS) is 22.0. The van der Waals surface area contributed by atoms with Crippen molar-refractivity contribution in [1.82, 2.24) is 9.62 Å². The highest BCUT2D eigenvalue weighted by molar-refractivity contribution is 7.86. The van der Waals surface area contributed by atoms with Crippen LogP contribution in [0.4, 0.5) is 0 Å². The van der Waals surface area contributed by atoms with Crippen LogP contribution in [0, 0.1) is 5.92 Å². The molecule has 7 heteroatoms. The standard InChI is InChI=1S/C19H29N3O3S/c20-26(24,25)22-13-9-16(10-14-22)18(23)21-15-19(11-5-2-6-12-19)17-7-3-1-4-8-17/h1,3-4,7-8,16H,2,5-6,9-15H2,(H,21,23)(H2,20,24,25). The third-order valence-corrected chi connectivity index (χ3v) is 7.07. The molecule has 6 nitrogen and oxygen atoms in total. The van der Waals surface area contributed by atoms with Crippen molar-refractivity contribution in [2.45, 2.75) is 50.4 Å². The van der Waals surface area contributed by atoms with E-state index in [2.05, 4.69) is 29.6 Å². The van der Waals surface area contributed by atoms with E-state index < -0.39 is 10.2 Å². The Morgan fingerprint density at radius 2 is 1.73 bits per heavy atom. The fraction of sp³-hybridized carbons (Fsp3) is 0.632. The van der Waals surface area contributed by atoms with Gasteiger partial charge in [0.25, 0.3) is 10.2 Å². The molecule has 2 aliphatic rings. The second-order valence-electron chi connectivity index (χ2n) is 7.64. The Bertz CT molecular complexity index is 707. The van der Waals surface area contributed by atoms with Crippen molar-refractivity contribution in [2.24, 2.45) is 11.1 Å². The van der Waals surface area contributed by atoms with Crippen LogP contribution in [0.25, 0.3) is 0 Å². The molecule has 0 unspecified atom stereocenters. The Balaban J connectivity index is 1.60. The summed E-state index contributed by atoms with van der Waals surface area (Å²) in [6.45, 7) is 1.30. The van der Waals surface area contributed by atoms with Crippen LogP contribution in [0.3, 0.4) is 0 Å². The van der Waals surface area contributed by atoms with Gasteiger partial charge in [-0.2, -0.15) is 12.7 Å². The average molecular weight is 380 g/mol. The van der Waals surface area contributed by atoms with Gasteiger partial charge in [-0.3, -0.25) is 4.79 Å². The highest BCUT2D eigenvalue weighted by Gasteiger charge is 2.35. The van der Waals surface area contributed by atoms with Gasteiger partial charge >= 0.3 is 0 Å². The molecule has 0 atom stereocenters. The molecule has 0 bridgehead atoms. The Morgan fingerprint density at radius 1 is 1.12 bits per heavy atom. The van der Waals surface area contributed by atoms with E-state index in [1.54, 1.807) is 0 Å². The molecular weight excluding hydrogens is 350 g/mol. The van der Waals surface area contributed by atoms with E-state index in [-0.39, 0.29) is 17.2 Å². The number of carbonyl (C=O) groups is 1. The topological polar surface area (TPSA) is 92.5 Å². The molecular formula is C19H29N3O3S. The molecule has 1 aromatic rings. The Labute approximate surface area is 156 Å². The number of nitrogens with zero attached hydrogens (tertiary/aromatic N) is 1. The lowest BCUT2D eigenvalue weighted by Crippen LogP contribution is -2.48. The van der Waals surface area contributed by atoms with Gasteiger partial charge in [-0.1, -0.05) is 49.6 Å². The Kier molecular flexibility index (Phi) is 5.99. The van der Waals surface area contributed by atoms with E-state index in [0.717, 1.165) is 12.8 Å². The van der Waals surface area contributed by atoms with E-state index >= 15 is 0 Å². The van der Waals surface area contributed by atoms with Crippen LogP contribution in [-0.4, -0.2) is 38.3 Å². The lowest BCUT2D eigenvalue weighted by molar-refractivity contribution is -0.126. The number of nitrogens with two attached hydrogens (primary N) is 1. The fourth-order valence-electron chi connectivity index (χ4n) is 4.36. The zero-order valence-electron chi connectivity index (χ0n) is 15.2. The summed E-state index contributed by atoms with van der Waals surface area (Å²) in [5.41, 5.74) is 1.33. The summed E-state index contributed by atoms with van der Waals surface area (Å²) in [5, 5.41) is 8.34. The van der Waals surface area contributed by atoms with Crippen LogP contribution in [-0.2, 0) is 20.4 Å². The van der Waals surface area contributed by atoms with Gasteiger partial charge in [0.1, 0.15) is 0 Å². The molecule has 26 heavy (non-hydrogen) atoms. The summed E-state index contributed by atoms with van der Waals surface area (Å²) >= 11 is 0. The first kappa shape index (κ1) is 19.3. The quantitative estimate of drug-likeness (QED) is 0.819. The molecule has 1 saturated carbocycles. The summed E-state index contributed by atoms with van der Waals surface area (Å²) in [6, 6.07) is 10.5. The summed E-state index contributed by atoms with van der Waals surface area (Å²) in [5.74, 6) is -0.0932. The minimum absolute atomic E-state index is 0.0243. The number of rotatable bonds is 5. The number of piperidine rings is 1. The predicted octanol–water partition coefficient (Wildman–Crippen LogP) is 1.92. The van der Waals surface area contributed by atoms with Gasteiger partial charge < -0.3 is 5.32 Å². The highest BCUT2D eigenvalue weighted by Crippen LogP contribution is 2.39. The van der Waals surface area contributed by atoms with Crippen LogP contribution in [0.15, 0.2) is 30.3 Å². The maximum atomic E-state index is 12.7. The number of amides is 1. The first-order chi connectivity index (χ1) is 12.4. The predicted molar refractivity (Wildman–Crippen MR) is 102 cm³/mol. The molecule has 0 aromatic heterocycles. The van der Waals surface area contributed by atoms with Crippen LogP contribution in [0.2, 0.25) is 0 Å². The van der Waals surface area contributed by atoms with Crippen LogP contribution >= 0.6 is 0 Å². The fourth-order valence-corrected chi connectivity index (χ4v) is 5.08. The summed E-state index contributed by atoms with van der Waals surface area (Å²) in [4.78, 5) is 12.7. The highest BCUT2D eigenvalue weighted by atomic mass is 32.2. The summed E-state index contributed by atoms with van der Waals surface area (Å²) in [7, 11) is -3.65. The average Bonchev–Trinajstić information content (AvgIpc) is 2.67. The SMILES string of the molecule is NS(=O)(=O)N1CCC(C(=O)NCC2(c3ccccc3)CCCCC2)CC1. The molecule has 1 heterocycles. The number of benzene rings is 1. The largest absolute Gasteiger partial charge is 0.355 e. The zero-order valence-corrected chi connectivity index (χ0v) is 16.0. The lowest BCUT2D eigenvalue weighted by Gasteiger charge is -2.39. The molecule has 0 radical (unpaired) electrons. The number of carbonyl (C=O) groups excluding carboxylic acids is 1. The second-order valence-corrected chi connectivity index (χ2v) is 9.19. The Morgan fingerprint density at radius 3 is 2.31 bits per heavy atom. The Hall–Kier alpha value is -1.44. The van der Waals surface area contributed by atoms with E-state index in [1.165, 1.54) is 29.1 Å². The minimum atomic E-state index is -3.65. The van der Waals surface area contributed by atoms with E-state index in [1.807, 2.05) is 6.07 Å². The van der Waals surface area contributed by atoms with Crippen molar-refractivity contribution in [3.8, 4) is 0 Å². The molecule has 1 saturated heterocycles. The van der Waals surface area contributed by atoms with Crippen molar-refractivity contribution in [1.29, 1.82) is 0 Å². The maximum Gasteiger partial charge on any atom is 0.276 e. The van der Waals surface area contributed by atoms with Gasteiger partial charge in [-0.05, 0) is 31.2 Å². The third kappa shape index (κ3) is 4.45. The molecule has 2 fully saturated rings. The van der Waals surface area contributed by atoms with Crippen LogP contribution in [0.5, 0.6) is 0 Å². The van der Waals surface area contributed by atoms with Gasteiger partial charge in [0, 0.05) is 31.0 Å². The van der Waals surface area contributed by atoms with Crippen molar-refractivity contribution in [2.75, 3.05) is 19.6 Å². The lowest BCUT2D eigenvalue weighted by atomic mass is 9.69. The molecule has 144 valence electrons. The molecule has 3 rings (SSSR count).